The number of aryl methyl sites for hydroxylation is 1. The standard InChI is InChI=1S/C16H23NO3/c18-16(19)15(17-14-8-9-14)10-12-20-11-4-7-13-5-2-1-3-6-13/h1-3,5-6,14-15,17H,4,7-12H2,(H,18,19). The molecule has 1 aliphatic carbocycles. The van der Waals surface area contributed by atoms with Gasteiger partial charge in [0, 0.05) is 19.3 Å². The van der Waals surface area contributed by atoms with Crippen molar-refractivity contribution in [2.24, 2.45) is 0 Å². The lowest BCUT2D eigenvalue weighted by atomic mass is 10.1. The van der Waals surface area contributed by atoms with E-state index in [1.54, 1.807) is 0 Å². The third-order valence-corrected chi connectivity index (χ3v) is 3.46. The van der Waals surface area contributed by atoms with Gasteiger partial charge in [-0.15, -0.1) is 0 Å². The maximum atomic E-state index is 11.0. The highest BCUT2D eigenvalue weighted by molar-refractivity contribution is 5.73. The average Bonchev–Trinajstić information content (AvgIpc) is 3.26. The predicted molar refractivity (Wildman–Crippen MR) is 77.8 cm³/mol. The Labute approximate surface area is 120 Å². The first kappa shape index (κ1) is 15.0. The molecule has 0 amide bonds. The summed E-state index contributed by atoms with van der Waals surface area (Å²) in [6.45, 7) is 1.19. The van der Waals surface area contributed by atoms with Crippen LogP contribution in [0.2, 0.25) is 0 Å². The summed E-state index contributed by atoms with van der Waals surface area (Å²) in [6, 6.07) is 10.3. The second-order valence-electron chi connectivity index (χ2n) is 5.32. The summed E-state index contributed by atoms with van der Waals surface area (Å²) in [5.41, 5.74) is 1.31. The number of aliphatic carboxylic acids is 1. The summed E-state index contributed by atoms with van der Waals surface area (Å²) in [5, 5.41) is 12.2. The zero-order valence-corrected chi connectivity index (χ0v) is 11.8. The summed E-state index contributed by atoms with van der Waals surface area (Å²) in [5.74, 6) is -0.773. The average molecular weight is 277 g/mol. The van der Waals surface area contributed by atoms with Crippen molar-refractivity contribution in [2.45, 2.75) is 44.2 Å². The van der Waals surface area contributed by atoms with Gasteiger partial charge in [-0.25, -0.2) is 0 Å². The van der Waals surface area contributed by atoms with E-state index in [1.807, 2.05) is 18.2 Å². The van der Waals surface area contributed by atoms with Gasteiger partial charge < -0.3 is 15.2 Å². The number of carboxylic acids is 1. The van der Waals surface area contributed by atoms with Gasteiger partial charge in [-0.05, 0) is 37.7 Å². The van der Waals surface area contributed by atoms with Crippen molar-refractivity contribution >= 4 is 5.97 Å². The molecule has 2 N–H and O–H groups in total. The van der Waals surface area contributed by atoms with E-state index in [0.717, 1.165) is 25.7 Å². The molecule has 1 atom stereocenters. The Morgan fingerprint density at radius 2 is 2.05 bits per heavy atom. The lowest BCUT2D eigenvalue weighted by molar-refractivity contribution is -0.140. The molecule has 4 heteroatoms. The first-order valence-electron chi connectivity index (χ1n) is 7.36. The van der Waals surface area contributed by atoms with Crippen molar-refractivity contribution in [2.75, 3.05) is 13.2 Å². The Hall–Kier alpha value is -1.39. The van der Waals surface area contributed by atoms with E-state index in [4.69, 9.17) is 9.84 Å². The molecule has 1 saturated carbocycles. The monoisotopic (exact) mass is 277 g/mol. The van der Waals surface area contributed by atoms with E-state index >= 15 is 0 Å². The summed E-state index contributed by atoms with van der Waals surface area (Å²) < 4.78 is 5.53. The zero-order valence-electron chi connectivity index (χ0n) is 11.8. The van der Waals surface area contributed by atoms with Crippen LogP contribution >= 0.6 is 0 Å². The Morgan fingerprint density at radius 1 is 1.30 bits per heavy atom. The van der Waals surface area contributed by atoms with E-state index in [2.05, 4.69) is 17.4 Å². The summed E-state index contributed by atoms with van der Waals surface area (Å²) in [7, 11) is 0. The minimum Gasteiger partial charge on any atom is -0.480 e. The van der Waals surface area contributed by atoms with Gasteiger partial charge >= 0.3 is 5.97 Å². The first-order valence-corrected chi connectivity index (χ1v) is 7.36. The number of hydrogen-bond acceptors (Lipinski definition) is 3. The van der Waals surface area contributed by atoms with Gasteiger partial charge in [0.2, 0.25) is 0 Å². The number of rotatable bonds is 10. The largest absolute Gasteiger partial charge is 0.480 e. The molecule has 0 heterocycles. The van der Waals surface area contributed by atoms with Crippen molar-refractivity contribution in [1.29, 1.82) is 0 Å². The maximum Gasteiger partial charge on any atom is 0.320 e. The highest BCUT2D eigenvalue weighted by Crippen LogP contribution is 2.20. The highest BCUT2D eigenvalue weighted by atomic mass is 16.5. The molecule has 0 radical (unpaired) electrons. The molecule has 0 aromatic heterocycles. The molecular formula is C16H23NO3. The number of nitrogens with one attached hydrogen (secondary N) is 1. The van der Waals surface area contributed by atoms with Gasteiger partial charge in [-0.3, -0.25) is 4.79 Å². The van der Waals surface area contributed by atoms with Gasteiger partial charge in [-0.1, -0.05) is 30.3 Å². The van der Waals surface area contributed by atoms with Crippen molar-refractivity contribution in [3.8, 4) is 0 Å². The Balaban J connectivity index is 1.52. The van der Waals surface area contributed by atoms with Crippen molar-refractivity contribution in [3.63, 3.8) is 0 Å². The topological polar surface area (TPSA) is 58.6 Å². The second kappa shape index (κ2) is 8.02. The second-order valence-corrected chi connectivity index (χ2v) is 5.32. The number of ether oxygens (including phenoxy) is 1. The maximum absolute atomic E-state index is 11.0. The molecule has 1 aromatic rings. The van der Waals surface area contributed by atoms with Crippen LogP contribution in [0.5, 0.6) is 0 Å². The smallest absolute Gasteiger partial charge is 0.320 e. The Bertz CT molecular complexity index is 403. The van der Waals surface area contributed by atoms with Crippen molar-refractivity contribution < 1.29 is 14.6 Å². The fourth-order valence-electron chi connectivity index (χ4n) is 2.14. The third kappa shape index (κ3) is 5.72. The van der Waals surface area contributed by atoms with Gasteiger partial charge in [0.15, 0.2) is 0 Å². The number of carbonyl (C=O) groups is 1. The quantitative estimate of drug-likeness (QED) is 0.644. The SMILES string of the molecule is O=C(O)C(CCOCCCc1ccccc1)NC1CC1. The van der Waals surface area contributed by atoms with Crippen LogP contribution in [0.4, 0.5) is 0 Å². The van der Waals surface area contributed by atoms with E-state index in [9.17, 15) is 4.79 Å². The molecular weight excluding hydrogens is 254 g/mol. The molecule has 0 aliphatic heterocycles. The van der Waals surface area contributed by atoms with E-state index < -0.39 is 12.0 Å². The van der Waals surface area contributed by atoms with Crippen LogP contribution in [0.15, 0.2) is 30.3 Å². The van der Waals surface area contributed by atoms with Crippen molar-refractivity contribution in [1.82, 2.24) is 5.32 Å². The van der Waals surface area contributed by atoms with Crippen LogP contribution in [-0.2, 0) is 16.0 Å². The minimum absolute atomic E-state index is 0.411. The molecule has 0 bridgehead atoms. The van der Waals surface area contributed by atoms with E-state index in [1.165, 1.54) is 5.56 Å². The molecule has 1 aliphatic rings. The first-order chi connectivity index (χ1) is 9.75. The van der Waals surface area contributed by atoms with Gasteiger partial charge in [0.1, 0.15) is 6.04 Å². The number of carboxylic acid groups (broad SMARTS) is 1. The Kier molecular flexibility index (Phi) is 6.02. The molecule has 0 spiro atoms. The van der Waals surface area contributed by atoms with E-state index in [0.29, 0.717) is 25.7 Å². The van der Waals surface area contributed by atoms with E-state index in [-0.39, 0.29) is 0 Å². The van der Waals surface area contributed by atoms with Crippen LogP contribution in [0.1, 0.15) is 31.2 Å². The predicted octanol–water partition coefficient (Wildman–Crippen LogP) is 2.23. The molecule has 1 fully saturated rings. The summed E-state index contributed by atoms with van der Waals surface area (Å²) in [4.78, 5) is 11.0. The fraction of sp³-hybridized carbons (Fsp3) is 0.562. The van der Waals surface area contributed by atoms with Crippen LogP contribution in [0.25, 0.3) is 0 Å². The molecule has 1 unspecified atom stereocenters. The Morgan fingerprint density at radius 3 is 2.70 bits per heavy atom. The zero-order chi connectivity index (χ0) is 14.2. The van der Waals surface area contributed by atoms with Gasteiger partial charge in [0.25, 0.3) is 0 Å². The normalized spacial score (nSPS) is 16.0. The third-order valence-electron chi connectivity index (χ3n) is 3.46. The molecule has 2 rings (SSSR count). The van der Waals surface area contributed by atoms with Crippen molar-refractivity contribution in [3.05, 3.63) is 35.9 Å². The number of benzene rings is 1. The lowest BCUT2D eigenvalue weighted by Crippen LogP contribution is -2.39. The van der Waals surface area contributed by atoms with Gasteiger partial charge in [-0.2, -0.15) is 0 Å². The molecule has 20 heavy (non-hydrogen) atoms. The van der Waals surface area contributed by atoms with Crippen LogP contribution in [0, 0.1) is 0 Å². The van der Waals surface area contributed by atoms with Crippen LogP contribution < -0.4 is 5.32 Å². The molecule has 4 nitrogen and oxygen atoms in total. The fourth-order valence-corrected chi connectivity index (χ4v) is 2.14. The highest BCUT2D eigenvalue weighted by Gasteiger charge is 2.27. The van der Waals surface area contributed by atoms with Crippen LogP contribution in [0.3, 0.4) is 0 Å². The summed E-state index contributed by atoms with van der Waals surface area (Å²) in [6.07, 6.45) is 4.71. The molecule has 0 saturated heterocycles. The molecule has 1 aromatic carbocycles. The van der Waals surface area contributed by atoms with Gasteiger partial charge in [0.05, 0.1) is 0 Å². The summed E-state index contributed by atoms with van der Waals surface area (Å²) >= 11 is 0. The minimum atomic E-state index is -0.773. The van der Waals surface area contributed by atoms with Crippen LogP contribution in [-0.4, -0.2) is 36.4 Å². The number of hydrogen-bond donors (Lipinski definition) is 2. The molecule has 110 valence electrons. The lowest BCUT2D eigenvalue weighted by Gasteiger charge is -2.13.